The Morgan fingerprint density at radius 2 is 1.58 bits per heavy atom. The third kappa shape index (κ3) is 4.91. The van der Waals surface area contributed by atoms with Crippen molar-refractivity contribution in [3.8, 4) is 0 Å². The van der Waals surface area contributed by atoms with E-state index in [0.29, 0.717) is 19.6 Å². The average molecular weight is 326 g/mol. The molecular weight excluding hydrogens is 304 g/mol. The first-order valence-electron chi connectivity index (χ1n) is 8.33. The highest BCUT2D eigenvalue weighted by molar-refractivity contribution is 5.69. The molecule has 2 aromatic rings. The molecule has 1 aliphatic rings. The molecule has 0 N–H and O–H groups in total. The fourth-order valence-electron chi connectivity index (χ4n) is 2.68. The van der Waals surface area contributed by atoms with E-state index >= 15 is 0 Å². The summed E-state index contributed by atoms with van der Waals surface area (Å²) in [5, 5.41) is 0. The predicted octanol–water partition coefficient (Wildman–Crippen LogP) is 3.67. The molecular formula is C20H22O4. The first-order chi connectivity index (χ1) is 11.8. The van der Waals surface area contributed by atoms with Gasteiger partial charge in [0.25, 0.3) is 0 Å². The van der Waals surface area contributed by atoms with Gasteiger partial charge in [0.05, 0.1) is 13.2 Å². The molecule has 0 spiro atoms. The van der Waals surface area contributed by atoms with Crippen LogP contribution in [0, 0.1) is 0 Å². The summed E-state index contributed by atoms with van der Waals surface area (Å²) in [7, 11) is 0. The highest BCUT2D eigenvalue weighted by Gasteiger charge is 2.25. The van der Waals surface area contributed by atoms with Crippen LogP contribution in [-0.2, 0) is 25.4 Å². The average Bonchev–Trinajstić information content (AvgIpc) is 2.64. The number of rotatable bonds is 6. The topological polar surface area (TPSA) is 44.8 Å². The molecule has 4 heteroatoms. The lowest BCUT2D eigenvalue weighted by Gasteiger charge is -2.29. The monoisotopic (exact) mass is 326 g/mol. The minimum atomic E-state index is -0.376. The summed E-state index contributed by atoms with van der Waals surface area (Å²) in [6, 6.07) is 19.9. The lowest BCUT2D eigenvalue weighted by molar-refractivity contribution is -0.229. The van der Waals surface area contributed by atoms with Crippen molar-refractivity contribution < 1.29 is 19.0 Å². The van der Waals surface area contributed by atoms with Crippen molar-refractivity contribution in [3.63, 3.8) is 0 Å². The summed E-state index contributed by atoms with van der Waals surface area (Å²) < 4.78 is 16.7. The molecule has 1 heterocycles. The first kappa shape index (κ1) is 16.7. The molecule has 3 rings (SSSR count). The molecule has 0 atom stereocenters. The van der Waals surface area contributed by atoms with Crippen molar-refractivity contribution in [1.29, 1.82) is 0 Å². The highest BCUT2D eigenvalue weighted by Crippen LogP contribution is 2.23. The Hall–Kier alpha value is -2.17. The molecule has 0 saturated carbocycles. The molecule has 1 fully saturated rings. The van der Waals surface area contributed by atoms with Crippen molar-refractivity contribution in [3.05, 3.63) is 71.8 Å². The van der Waals surface area contributed by atoms with Gasteiger partial charge in [-0.25, -0.2) is 0 Å². The summed E-state index contributed by atoms with van der Waals surface area (Å²) in [5.41, 5.74) is 2.21. The summed E-state index contributed by atoms with van der Waals surface area (Å²) in [6.45, 7) is 0.730. The maximum absolute atomic E-state index is 11.9. The van der Waals surface area contributed by atoms with Crippen molar-refractivity contribution >= 4 is 5.97 Å². The first-order valence-corrected chi connectivity index (χ1v) is 8.33. The Bertz CT molecular complexity index is 619. The quantitative estimate of drug-likeness (QED) is 0.760. The van der Waals surface area contributed by atoms with Crippen LogP contribution >= 0.6 is 0 Å². The van der Waals surface area contributed by atoms with Gasteiger partial charge in [-0.2, -0.15) is 0 Å². The van der Waals surface area contributed by atoms with E-state index in [9.17, 15) is 4.79 Å². The van der Waals surface area contributed by atoms with Gasteiger partial charge in [0.15, 0.2) is 6.29 Å². The van der Waals surface area contributed by atoms with Gasteiger partial charge in [0, 0.05) is 12.0 Å². The van der Waals surface area contributed by atoms with Crippen LogP contribution in [0.25, 0.3) is 0 Å². The zero-order valence-corrected chi connectivity index (χ0v) is 13.6. The molecule has 4 nitrogen and oxygen atoms in total. The van der Waals surface area contributed by atoms with Gasteiger partial charge >= 0.3 is 5.97 Å². The van der Waals surface area contributed by atoms with Crippen LogP contribution < -0.4 is 0 Å². The van der Waals surface area contributed by atoms with Crippen LogP contribution in [0.1, 0.15) is 30.3 Å². The van der Waals surface area contributed by atoms with E-state index in [4.69, 9.17) is 14.2 Å². The molecule has 0 amide bonds. The van der Waals surface area contributed by atoms with Crippen LogP contribution in [0.15, 0.2) is 60.7 Å². The summed E-state index contributed by atoms with van der Waals surface area (Å²) in [6.07, 6.45) is 1.37. The van der Waals surface area contributed by atoms with E-state index in [0.717, 1.165) is 18.4 Å². The number of benzene rings is 2. The lowest BCUT2D eigenvalue weighted by Crippen LogP contribution is -2.35. The fourth-order valence-corrected chi connectivity index (χ4v) is 2.68. The van der Waals surface area contributed by atoms with Crippen LogP contribution in [0.5, 0.6) is 0 Å². The van der Waals surface area contributed by atoms with Gasteiger partial charge in [0.2, 0.25) is 0 Å². The Morgan fingerprint density at radius 3 is 2.25 bits per heavy atom. The molecule has 0 unspecified atom stereocenters. The molecule has 2 aromatic carbocycles. The maximum Gasteiger partial charge on any atom is 0.306 e. The molecule has 24 heavy (non-hydrogen) atoms. The number of ether oxygens (including phenoxy) is 3. The summed E-state index contributed by atoms with van der Waals surface area (Å²) >= 11 is 0. The molecule has 0 aliphatic carbocycles. The van der Waals surface area contributed by atoms with E-state index < -0.39 is 0 Å². The molecule has 126 valence electrons. The van der Waals surface area contributed by atoms with Gasteiger partial charge in [-0.05, 0) is 18.4 Å². The minimum absolute atomic E-state index is 0.193. The minimum Gasteiger partial charge on any atom is -0.457 e. The second-order valence-electron chi connectivity index (χ2n) is 5.86. The summed E-state index contributed by atoms with van der Waals surface area (Å²) in [4.78, 5) is 11.9. The SMILES string of the molecule is O=C(CCCc1ccccc1)OC1COC(c2ccccc2)OC1. The Labute approximate surface area is 142 Å². The van der Waals surface area contributed by atoms with E-state index in [-0.39, 0.29) is 18.4 Å². The van der Waals surface area contributed by atoms with E-state index in [1.165, 1.54) is 5.56 Å². The third-order valence-corrected chi connectivity index (χ3v) is 3.93. The smallest absolute Gasteiger partial charge is 0.306 e. The van der Waals surface area contributed by atoms with Crippen molar-refractivity contribution in [2.45, 2.75) is 31.7 Å². The van der Waals surface area contributed by atoms with Crippen LogP contribution in [0.4, 0.5) is 0 Å². The second kappa shape index (κ2) is 8.62. The number of hydrogen-bond acceptors (Lipinski definition) is 4. The largest absolute Gasteiger partial charge is 0.457 e. The fraction of sp³-hybridized carbons (Fsp3) is 0.350. The van der Waals surface area contributed by atoms with Crippen molar-refractivity contribution in [2.75, 3.05) is 13.2 Å². The zero-order valence-electron chi connectivity index (χ0n) is 13.6. The Kier molecular flexibility index (Phi) is 5.99. The normalized spacial score (nSPS) is 20.5. The molecule has 0 radical (unpaired) electrons. The van der Waals surface area contributed by atoms with Crippen LogP contribution in [0.2, 0.25) is 0 Å². The van der Waals surface area contributed by atoms with Gasteiger partial charge in [-0.15, -0.1) is 0 Å². The van der Waals surface area contributed by atoms with Crippen molar-refractivity contribution in [1.82, 2.24) is 0 Å². The summed E-state index contributed by atoms with van der Waals surface area (Å²) in [5.74, 6) is -0.193. The number of aryl methyl sites for hydroxylation is 1. The highest BCUT2D eigenvalue weighted by atomic mass is 16.7. The molecule has 0 aromatic heterocycles. The standard InChI is InChI=1S/C20H22O4/c21-19(13-7-10-16-8-3-1-4-9-16)24-18-14-22-20(23-15-18)17-11-5-2-6-12-17/h1-6,8-9,11-12,18,20H,7,10,13-15H2. The van der Waals surface area contributed by atoms with Gasteiger partial charge in [-0.3, -0.25) is 4.79 Å². The van der Waals surface area contributed by atoms with E-state index in [1.54, 1.807) is 0 Å². The number of carbonyl (C=O) groups is 1. The predicted molar refractivity (Wildman–Crippen MR) is 90.3 cm³/mol. The van der Waals surface area contributed by atoms with Crippen molar-refractivity contribution in [2.24, 2.45) is 0 Å². The molecule has 0 bridgehead atoms. The molecule has 1 aliphatic heterocycles. The third-order valence-electron chi connectivity index (χ3n) is 3.93. The molecule has 1 saturated heterocycles. The number of esters is 1. The number of carbonyl (C=O) groups excluding carboxylic acids is 1. The van der Waals surface area contributed by atoms with Gasteiger partial charge < -0.3 is 14.2 Å². The Morgan fingerprint density at radius 1 is 0.958 bits per heavy atom. The van der Waals surface area contributed by atoms with Gasteiger partial charge in [0.1, 0.15) is 6.10 Å². The number of hydrogen-bond donors (Lipinski definition) is 0. The van der Waals surface area contributed by atoms with Gasteiger partial charge in [-0.1, -0.05) is 60.7 Å². The van der Waals surface area contributed by atoms with Crippen LogP contribution in [-0.4, -0.2) is 25.3 Å². The lowest BCUT2D eigenvalue weighted by atomic mass is 10.1. The maximum atomic E-state index is 11.9. The van der Waals surface area contributed by atoms with E-state index in [2.05, 4.69) is 12.1 Å². The Balaban J connectivity index is 1.36. The second-order valence-corrected chi connectivity index (χ2v) is 5.86. The van der Waals surface area contributed by atoms with Crippen LogP contribution in [0.3, 0.4) is 0 Å². The van der Waals surface area contributed by atoms with E-state index in [1.807, 2.05) is 48.5 Å². The zero-order chi connectivity index (χ0) is 16.6.